The Hall–Kier alpha value is -2.44. The van der Waals surface area contributed by atoms with Gasteiger partial charge in [0.05, 0.1) is 18.5 Å². The van der Waals surface area contributed by atoms with Crippen LogP contribution in [0.1, 0.15) is 20.8 Å². The summed E-state index contributed by atoms with van der Waals surface area (Å²) in [6.45, 7) is 6.58. The van der Waals surface area contributed by atoms with Crippen molar-refractivity contribution in [2.75, 3.05) is 37.4 Å². The molecule has 1 heterocycles. The summed E-state index contributed by atoms with van der Waals surface area (Å²) >= 11 is 0. The quantitative estimate of drug-likeness (QED) is 0.656. The van der Waals surface area contributed by atoms with Gasteiger partial charge < -0.3 is 20.1 Å². The molecule has 0 radical (unpaired) electrons. The maximum atomic E-state index is 12.4. The van der Waals surface area contributed by atoms with Crippen molar-refractivity contribution in [1.82, 2.24) is 4.90 Å². The fourth-order valence-electron chi connectivity index (χ4n) is 2.65. The second-order valence-electron chi connectivity index (χ2n) is 6.72. The van der Waals surface area contributed by atoms with Gasteiger partial charge in [0.25, 0.3) is 0 Å². The first-order valence-corrected chi connectivity index (χ1v) is 7.90. The molecule has 1 aliphatic rings. The third-order valence-electron chi connectivity index (χ3n) is 3.76. The lowest BCUT2D eigenvalue weighted by atomic mass is 10.1. The van der Waals surface area contributed by atoms with Crippen LogP contribution in [0.5, 0.6) is 0 Å². The average molecular weight is 335 g/mol. The van der Waals surface area contributed by atoms with Crippen molar-refractivity contribution in [3.05, 3.63) is 24.3 Å². The number of ether oxygens (including phenoxy) is 2. The van der Waals surface area contributed by atoms with E-state index in [9.17, 15) is 9.59 Å². The highest BCUT2D eigenvalue weighted by Crippen LogP contribution is 2.26. The largest absolute Gasteiger partial charge is 0.467 e. The number of nitrogens with two attached hydrogens (primary N) is 1. The summed E-state index contributed by atoms with van der Waals surface area (Å²) in [5, 5.41) is 0. The average Bonchev–Trinajstić information content (AvgIpc) is 2.52. The van der Waals surface area contributed by atoms with Crippen molar-refractivity contribution in [3.8, 4) is 0 Å². The van der Waals surface area contributed by atoms with Gasteiger partial charge in [-0.1, -0.05) is 12.1 Å². The van der Waals surface area contributed by atoms with E-state index >= 15 is 0 Å². The first-order valence-electron chi connectivity index (χ1n) is 7.90. The van der Waals surface area contributed by atoms with E-state index in [1.54, 1.807) is 20.8 Å². The number of nitrogen functional groups attached to an aromatic ring is 1. The number of hydrogen-bond acceptors (Lipinski definition) is 6. The number of nitrogens with zero attached hydrogens (tertiary/aromatic N) is 2. The van der Waals surface area contributed by atoms with Gasteiger partial charge in [0.2, 0.25) is 0 Å². The molecular formula is C17H25N3O4. The Kier molecular flexibility index (Phi) is 5.21. The minimum Gasteiger partial charge on any atom is -0.467 e. The van der Waals surface area contributed by atoms with Gasteiger partial charge in [-0.15, -0.1) is 0 Å². The van der Waals surface area contributed by atoms with E-state index in [0.29, 0.717) is 25.3 Å². The third kappa shape index (κ3) is 4.10. The molecule has 1 fully saturated rings. The van der Waals surface area contributed by atoms with Crippen LogP contribution in [-0.2, 0) is 14.3 Å². The van der Waals surface area contributed by atoms with Crippen molar-refractivity contribution in [2.45, 2.75) is 32.4 Å². The molecule has 2 rings (SSSR count). The Morgan fingerprint density at radius 2 is 1.88 bits per heavy atom. The van der Waals surface area contributed by atoms with Crippen LogP contribution >= 0.6 is 0 Å². The van der Waals surface area contributed by atoms with Gasteiger partial charge in [-0.25, -0.2) is 9.59 Å². The van der Waals surface area contributed by atoms with Crippen LogP contribution in [0.3, 0.4) is 0 Å². The van der Waals surface area contributed by atoms with E-state index < -0.39 is 23.7 Å². The number of piperazine rings is 1. The van der Waals surface area contributed by atoms with Crippen LogP contribution in [0.2, 0.25) is 0 Å². The number of anilines is 2. The van der Waals surface area contributed by atoms with Crippen molar-refractivity contribution in [2.24, 2.45) is 0 Å². The van der Waals surface area contributed by atoms with Crippen LogP contribution in [0.15, 0.2) is 24.3 Å². The zero-order valence-corrected chi connectivity index (χ0v) is 14.6. The fraction of sp³-hybridized carbons (Fsp3) is 0.529. The van der Waals surface area contributed by atoms with Crippen molar-refractivity contribution >= 4 is 23.4 Å². The zero-order chi connectivity index (χ0) is 17.9. The van der Waals surface area contributed by atoms with Gasteiger partial charge in [0.1, 0.15) is 5.60 Å². The van der Waals surface area contributed by atoms with Crippen LogP contribution in [0.4, 0.5) is 16.2 Å². The van der Waals surface area contributed by atoms with Crippen molar-refractivity contribution in [1.29, 1.82) is 0 Å². The molecule has 1 atom stereocenters. The number of hydrogen-bond donors (Lipinski definition) is 1. The second kappa shape index (κ2) is 6.98. The van der Waals surface area contributed by atoms with Gasteiger partial charge in [0.15, 0.2) is 6.04 Å². The summed E-state index contributed by atoms with van der Waals surface area (Å²) in [5.41, 5.74) is 6.87. The fourth-order valence-corrected chi connectivity index (χ4v) is 2.65. The van der Waals surface area contributed by atoms with Gasteiger partial charge in [0, 0.05) is 19.6 Å². The van der Waals surface area contributed by atoms with E-state index in [1.165, 1.54) is 12.0 Å². The van der Waals surface area contributed by atoms with Crippen LogP contribution in [0, 0.1) is 0 Å². The number of benzene rings is 1. The third-order valence-corrected chi connectivity index (χ3v) is 3.76. The van der Waals surface area contributed by atoms with Crippen LogP contribution in [0.25, 0.3) is 0 Å². The molecule has 1 aromatic rings. The first kappa shape index (κ1) is 17.9. The molecule has 1 saturated heterocycles. The number of methoxy groups -OCH3 is 1. The van der Waals surface area contributed by atoms with E-state index in [-0.39, 0.29) is 0 Å². The summed E-state index contributed by atoms with van der Waals surface area (Å²) in [6, 6.07) is 6.71. The van der Waals surface area contributed by atoms with E-state index in [4.69, 9.17) is 15.2 Å². The highest BCUT2D eigenvalue weighted by molar-refractivity contribution is 5.83. The van der Waals surface area contributed by atoms with Gasteiger partial charge in [-0.3, -0.25) is 4.90 Å². The van der Waals surface area contributed by atoms with E-state index in [2.05, 4.69) is 0 Å². The molecule has 2 N–H and O–H groups in total. The predicted octanol–water partition coefficient (Wildman–Crippen LogP) is 1.87. The lowest BCUT2D eigenvalue weighted by Gasteiger charge is -2.41. The second-order valence-corrected chi connectivity index (χ2v) is 6.72. The topological polar surface area (TPSA) is 85.1 Å². The predicted molar refractivity (Wildman–Crippen MR) is 91.8 cm³/mol. The number of esters is 1. The molecule has 132 valence electrons. The summed E-state index contributed by atoms with van der Waals surface area (Å²) in [4.78, 5) is 28.0. The molecule has 1 aromatic carbocycles. The lowest BCUT2D eigenvalue weighted by Crippen LogP contribution is -2.59. The molecule has 0 saturated carbocycles. The molecule has 0 spiro atoms. The summed E-state index contributed by atoms with van der Waals surface area (Å²) in [7, 11) is 1.31. The number of para-hydroxylation sites is 2. The Bertz CT molecular complexity index is 612. The SMILES string of the molecule is COC(=O)[C@H]1CN(c2ccccc2N)CCN1C(=O)OC(C)(C)C. The molecule has 24 heavy (non-hydrogen) atoms. The summed E-state index contributed by atoms with van der Waals surface area (Å²) < 4.78 is 10.3. The Morgan fingerprint density at radius 1 is 1.21 bits per heavy atom. The normalized spacial score (nSPS) is 18.2. The number of amides is 1. The molecule has 1 aliphatic heterocycles. The molecule has 0 bridgehead atoms. The van der Waals surface area contributed by atoms with Crippen molar-refractivity contribution < 1.29 is 19.1 Å². The molecule has 0 unspecified atom stereocenters. The van der Waals surface area contributed by atoms with Crippen molar-refractivity contribution in [3.63, 3.8) is 0 Å². The first-order chi connectivity index (χ1) is 11.2. The molecule has 7 heteroatoms. The number of carbonyl (C=O) groups is 2. The summed E-state index contributed by atoms with van der Waals surface area (Å²) in [6.07, 6.45) is -0.515. The maximum Gasteiger partial charge on any atom is 0.411 e. The number of rotatable bonds is 2. The van der Waals surface area contributed by atoms with E-state index in [1.807, 2.05) is 29.2 Å². The summed E-state index contributed by atoms with van der Waals surface area (Å²) in [5.74, 6) is -0.472. The molecular weight excluding hydrogens is 310 g/mol. The molecule has 0 aliphatic carbocycles. The van der Waals surface area contributed by atoms with Gasteiger partial charge in [-0.05, 0) is 32.9 Å². The van der Waals surface area contributed by atoms with Crippen LogP contribution < -0.4 is 10.6 Å². The Balaban J connectivity index is 2.20. The Morgan fingerprint density at radius 3 is 2.46 bits per heavy atom. The minimum absolute atomic E-state index is 0.306. The standard InChI is InChI=1S/C17H25N3O4/c1-17(2,3)24-16(22)20-10-9-19(11-14(20)15(21)23-4)13-8-6-5-7-12(13)18/h5-8,14H,9-11,18H2,1-4H3/t14-/m1/s1. The molecule has 7 nitrogen and oxygen atoms in total. The molecule has 0 aromatic heterocycles. The van der Waals surface area contributed by atoms with Gasteiger partial charge in [-0.2, -0.15) is 0 Å². The molecule has 1 amide bonds. The van der Waals surface area contributed by atoms with Crippen LogP contribution in [-0.4, -0.2) is 55.3 Å². The highest BCUT2D eigenvalue weighted by atomic mass is 16.6. The smallest absolute Gasteiger partial charge is 0.411 e. The number of carbonyl (C=O) groups excluding carboxylic acids is 2. The monoisotopic (exact) mass is 335 g/mol. The van der Waals surface area contributed by atoms with Gasteiger partial charge >= 0.3 is 12.1 Å². The Labute approximate surface area is 142 Å². The zero-order valence-electron chi connectivity index (χ0n) is 14.6. The lowest BCUT2D eigenvalue weighted by molar-refractivity contribution is -0.147. The van der Waals surface area contributed by atoms with E-state index in [0.717, 1.165) is 5.69 Å². The minimum atomic E-state index is -0.738. The highest BCUT2D eigenvalue weighted by Gasteiger charge is 2.38. The maximum absolute atomic E-state index is 12.4.